The Morgan fingerprint density at radius 2 is 2.14 bits per heavy atom. The highest BCUT2D eigenvalue weighted by molar-refractivity contribution is 7.14. The fourth-order valence-corrected chi connectivity index (χ4v) is 4.50. The molecule has 0 unspecified atom stereocenters. The van der Waals surface area contributed by atoms with Gasteiger partial charge >= 0.3 is 0 Å². The lowest BCUT2D eigenvalue weighted by molar-refractivity contribution is 0.311. The van der Waals surface area contributed by atoms with Crippen LogP contribution in [-0.2, 0) is 6.54 Å². The average molecular weight is 437 g/mol. The summed E-state index contributed by atoms with van der Waals surface area (Å²) in [5, 5.41) is 11.0. The van der Waals surface area contributed by atoms with E-state index in [1.54, 1.807) is 25.5 Å². The predicted octanol–water partition coefficient (Wildman–Crippen LogP) is 4.14. The number of methoxy groups -OCH3 is 1. The number of nitrogens with zero attached hydrogens (tertiary/aromatic N) is 2. The molecule has 158 valence electrons. The number of piperidine rings is 1. The molecule has 0 atom stereocenters. The van der Waals surface area contributed by atoms with E-state index in [-0.39, 0.29) is 0 Å². The highest BCUT2D eigenvalue weighted by Gasteiger charge is 2.20. The molecule has 0 amide bonds. The van der Waals surface area contributed by atoms with E-state index < -0.39 is 0 Å². The quantitative estimate of drug-likeness (QED) is 0.504. The van der Waals surface area contributed by atoms with E-state index >= 15 is 0 Å². The third-order valence-corrected chi connectivity index (χ3v) is 6.12. The van der Waals surface area contributed by atoms with E-state index in [1.165, 1.54) is 5.00 Å². The van der Waals surface area contributed by atoms with Crippen LogP contribution in [0.2, 0.25) is 5.02 Å². The number of halogens is 1. The number of nitrogens with one attached hydrogen (secondary N) is 2. The third kappa shape index (κ3) is 5.70. The van der Waals surface area contributed by atoms with Crippen LogP contribution in [0.25, 0.3) is 0 Å². The molecule has 0 radical (unpaired) electrons. The molecule has 0 saturated carbocycles. The number of ether oxygens (including phenoxy) is 2. The minimum atomic E-state index is 0.413. The fraction of sp³-hybridized carbons (Fsp3) is 0.476. The van der Waals surface area contributed by atoms with Gasteiger partial charge in [0.25, 0.3) is 0 Å². The van der Waals surface area contributed by atoms with Crippen molar-refractivity contribution < 1.29 is 9.47 Å². The van der Waals surface area contributed by atoms with Crippen molar-refractivity contribution in [3.8, 4) is 11.5 Å². The molecule has 1 aliphatic rings. The van der Waals surface area contributed by atoms with Crippen LogP contribution in [0.1, 0.15) is 25.3 Å². The Morgan fingerprint density at radius 3 is 2.76 bits per heavy atom. The van der Waals surface area contributed by atoms with Crippen molar-refractivity contribution in [1.82, 2.24) is 10.6 Å². The predicted molar refractivity (Wildman–Crippen MR) is 122 cm³/mol. The monoisotopic (exact) mass is 436 g/mol. The zero-order valence-corrected chi connectivity index (χ0v) is 18.8. The zero-order chi connectivity index (χ0) is 20.6. The fourth-order valence-electron chi connectivity index (χ4n) is 3.43. The average Bonchev–Trinajstić information content (AvgIpc) is 3.28. The number of guanidine groups is 1. The van der Waals surface area contributed by atoms with Crippen molar-refractivity contribution in [2.75, 3.05) is 38.8 Å². The Balaban J connectivity index is 1.53. The van der Waals surface area contributed by atoms with E-state index in [9.17, 15) is 0 Å². The van der Waals surface area contributed by atoms with E-state index in [2.05, 4.69) is 38.0 Å². The van der Waals surface area contributed by atoms with E-state index in [4.69, 9.17) is 21.1 Å². The smallest absolute Gasteiger partial charge is 0.191 e. The number of rotatable bonds is 7. The minimum Gasteiger partial charge on any atom is -0.493 e. The van der Waals surface area contributed by atoms with Crippen molar-refractivity contribution >= 4 is 33.9 Å². The van der Waals surface area contributed by atoms with Crippen molar-refractivity contribution in [3.05, 3.63) is 40.2 Å². The van der Waals surface area contributed by atoms with Gasteiger partial charge in [0.2, 0.25) is 0 Å². The molecule has 1 aliphatic heterocycles. The molecule has 2 aromatic rings. The van der Waals surface area contributed by atoms with Gasteiger partial charge < -0.3 is 25.0 Å². The normalized spacial score (nSPS) is 15.3. The van der Waals surface area contributed by atoms with Gasteiger partial charge in [-0.15, -0.1) is 11.3 Å². The molecular weight excluding hydrogens is 408 g/mol. The van der Waals surface area contributed by atoms with Gasteiger partial charge in [0.05, 0.1) is 23.7 Å². The highest BCUT2D eigenvalue weighted by atomic mass is 35.5. The van der Waals surface area contributed by atoms with Crippen LogP contribution in [0.4, 0.5) is 5.00 Å². The Morgan fingerprint density at radius 1 is 1.34 bits per heavy atom. The molecule has 1 aromatic heterocycles. The molecule has 3 rings (SSSR count). The second-order valence-electron chi connectivity index (χ2n) is 6.82. The standard InChI is InChI=1S/C21H29ClN4O2S/c1-4-28-20-17(22)12-15(13-18(20)27-3)14-24-21(23-2)25-16-7-9-26(10-8-16)19-6-5-11-29-19/h5-6,11-13,16H,4,7-10,14H2,1-3H3,(H2,23,24,25). The first-order chi connectivity index (χ1) is 14.1. The van der Waals surface area contributed by atoms with Gasteiger partial charge in [-0.1, -0.05) is 11.6 Å². The summed E-state index contributed by atoms with van der Waals surface area (Å²) < 4.78 is 11.0. The van der Waals surface area contributed by atoms with Gasteiger partial charge in [0.1, 0.15) is 0 Å². The van der Waals surface area contributed by atoms with Crippen LogP contribution in [-0.4, -0.2) is 45.9 Å². The van der Waals surface area contributed by atoms with Crippen LogP contribution in [0.15, 0.2) is 34.6 Å². The molecule has 1 fully saturated rings. The molecule has 1 saturated heterocycles. The molecule has 1 aromatic carbocycles. The van der Waals surface area contributed by atoms with Gasteiger partial charge in [-0.2, -0.15) is 0 Å². The molecule has 0 aliphatic carbocycles. The largest absolute Gasteiger partial charge is 0.493 e. The Kier molecular flexibility index (Phi) is 7.89. The first-order valence-electron chi connectivity index (χ1n) is 9.89. The van der Waals surface area contributed by atoms with Gasteiger partial charge in [0, 0.05) is 32.7 Å². The summed E-state index contributed by atoms with van der Waals surface area (Å²) in [5.74, 6) is 2.02. The number of benzene rings is 1. The molecule has 6 nitrogen and oxygen atoms in total. The number of hydrogen-bond donors (Lipinski definition) is 2. The van der Waals surface area contributed by atoms with Gasteiger partial charge in [-0.3, -0.25) is 4.99 Å². The maximum absolute atomic E-state index is 6.37. The van der Waals surface area contributed by atoms with Crippen LogP contribution >= 0.6 is 22.9 Å². The maximum atomic E-state index is 6.37. The molecule has 29 heavy (non-hydrogen) atoms. The lowest BCUT2D eigenvalue weighted by Gasteiger charge is -2.33. The maximum Gasteiger partial charge on any atom is 0.191 e. The van der Waals surface area contributed by atoms with E-state index in [1.807, 2.05) is 19.1 Å². The summed E-state index contributed by atoms with van der Waals surface area (Å²) in [4.78, 5) is 6.82. The summed E-state index contributed by atoms with van der Waals surface area (Å²) in [6, 6.07) is 8.55. The molecule has 0 spiro atoms. The van der Waals surface area contributed by atoms with Crippen molar-refractivity contribution in [3.63, 3.8) is 0 Å². The van der Waals surface area contributed by atoms with Crippen LogP contribution in [0.3, 0.4) is 0 Å². The van der Waals surface area contributed by atoms with Crippen LogP contribution < -0.4 is 25.0 Å². The zero-order valence-electron chi connectivity index (χ0n) is 17.2. The number of thiophene rings is 1. The summed E-state index contributed by atoms with van der Waals surface area (Å²) in [7, 11) is 3.41. The van der Waals surface area contributed by atoms with E-state index in [0.717, 1.165) is 37.5 Å². The number of hydrogen-bond acceptors (Lipinski definition) is 5. The Hall–Kier alpha value is -2.12. The summed E-state index contributed by atoms with van der Waals surface area (Å²) in [5.41, 5.74) is 1.01. The van der Waals surface area contributed by atoms with Gasteiger partial charge in [-0.25, -0.2) is 0 Å². The molecule has 8 heteroatoms. The number of aliphatic imine (C=N–C) groups is 1. The number of anilines is 1. The first-order valence-corrected chi connectivity index (χ1v) is 11.1. The lowest BCUT2D eigenvalue weighted by Crippen LogP contribution is -2.48. The Bertz CT molecular complexity index is 805. The molecule has 2 heterocycles. The van der Waals surface area contributed by atoms with Crippen LogP contribution in [0, 0.1) is 0 Å². The molecule has 2 N–H and O–H groups in total. The lowest BCUT2D eigenvalue weighted by atomic mass is 10.1. The molecule has 0 bridgehead atoms. The third-order valence-electron chi connectivity index (χ3n) is 4.92. The van der Waals surface area contributed by atoms with Gasteiger partial charge in [-0.05, 0) is 55.0 Å². The summed E-state index contributed by atoms with van der Waals surface area (Å²) >= 11 is 8.17. The topological polar surface area (TPSA) is 58.1 Å². The van der Waals surface area contributed by atoms with Crippen molar-refractivity contribution in [2.24, 2.45) is 4.99 Å². The molecular formula is C21H29ClN4O2S. The van der Waals surface area contributed by atoms with Crippen molar-refractivity contribution in [1.29, 1.82) is 0 Å². The summed E-state index contributed by atoms with van der Waals surface area (Å²) in [6.07, 6.45) is 2.17. The first kappa shape index (κ1) is 21.6. The minimum absolute atomic E-state index is 0.413. The summed E-state index contributed by atoms with van der Waals surface area (Å²) in [6.45, 7) is 5.17. The second-order valence-corrected chi connectivity index (χ2v) is 8.16. The van der Waals surface area contributed by atoms with E-state index in [0.29, 0.717) is 35.7 Å². The Labute approximate surface area is 181 Å². The SMILES string of the molecule is CCOc1c(Cl)cc(CNC(=NC)NC2CCN(c3cccs3)CC2)cc1OC. The van der Waals surface area contributed by atoms with Crippen LogP contribution in [0.5, 0.6) is 11.5 Å². The highest BCUT2D eigenvalue weighted by Crippen LogP contribution is 2.36. The van der Waals surface area contributed by atoms with Crippen molar-refractivity contribution in [2.45, 2.75) is 32.4 Å². The second kappa shape index (κ2) is 10.6. The van der Waals surface area contributed by atoms with Gasteiger partial charge in [0.15, 0.2) is 17.5 Å².